The Morgan fingerprint density at radius 2 is 1.72 bits per heavy atom. The lowest BCUT2D eigenvalue weighted by Gasteiger charge is -2.27. The molecule has 32 heavy (non-hydrogen) atoms. The van der Waals surface area contributed by atoms with Crippen LogP contribution >= 0.6 is 0 Å². The summed E-state index contributed by atoms with van der Waals surface area (Å²) in [6.45, 7) is 3.04. The number of primary amides is 1. The van der Waals surface area contributed by atoms with Gasteiger partial charge in [-0.3, -0.25) is 0 Å². The lowest BCUT2D eigenvalue weighted by atomic mass is 9.82. The van der Waals surface area contributed by atoms with Crippen LogP contribution in [0.2, 0.25) is 0 Å². The van der Waals surface area contributed by atoms with E-state index in [1.165, 1.54) is 36.0 Å². The van der Waals surface area contributed by atoms with Crippen molar-refractivity contribution in [3.8, 4) is 0 Å². The summed E-state index contributed by atoms with van der Waals surface area (Å²) in [5, 5.41) is 0. The molecule has 1 aliphatic rings. The number of aryl methyl sites for hydroxylation is 1. The molecule has 2 aromatic carbocycles. The van der Waals surface area contributed by atoms with E-state index in [1.807, 2.05) is 6.07 Å². The molecule has 1 amide bonds. The van der Waals surface area contributed by atoms with Crippen molar-refractivity contribution < 1.29 is 14.3 Å². The van der Waals surface area contributed by atoms with Gasteiger partial charge in [0, 0.05) is 5.92 Å². The van der Waals surface area contributed by atoms with Crippen LogP contribution in [0.3, 0.4) is 0 Å². The molecule has 0 saturated heterocycles. The van der Waals surface area contributed by atoms with Crippen molar-refractivity contribution in [1.29, 1.82) is 0 Å². The van der Waals surface area contributed by atoms with Gasteiger partial charge >= 0.3 is 6.09 Å². The van der Waals surface area contributed by atoms with Gasteiger partial charge in [0.2, 0.25) is 0 Å². The summed E-state index contributed by atoms with van der Waals surface area (Å²) in [5.74, 6) is 0.694. The van der Waals surface area contributed by atoms with Crippen LogP contribution in [0.5, 0.6) is 0 Å². The van der Waals surface area contributed by atoms with E-state index in [-0.39, 0.29) is 18.6 Å². The average Bonchev–Trinajstić information content (AvgIpc) is 2.82. The predicted octanol–water partition coefficient (Wildman–Crippen LogP) is 6.10. The lowest BCUT2D eigenvalue weighted by molar-refractivity contribution is -0.00661. The molecule has 0 radical (unpaired) electrons. The Morgan fingerprint density at radius 3 is 2.41 bits per heavy atom. The van der Waals surface area contributed by atoms with Crippen LogP contribution in [0.4, 0.5) is 4.79 Å². The first-order chi connectivity index (χ1) is 15.6. The number of allylic oxidation sites excluding steroid dienone is 1. The van der Waals surface area contributed by atoms with Gasteiger partial charge in [-0.05, 0) is 62.0 Å². The summed E-state index contributed by atoms with van der Waals surface area (Å²) in [7, 11) is 0. The van der Waals surface area contributed by atoms with Crippen molar-refractivity contribution in [2.75, 3.05) is 13.2 Å². The van der Waals surface area contributed by atoms with Crippen LogP contribution < -0.4 is 5.73 Å². The Kier molecular flexibility index (Phi) is 9.83. The molecule has 0 heterocycles. The molecule has 2 aromatic rings. The second-order valence-corrected chi connectivity index (χ2v) is 8.89. The highest BCUT2D eigenvalue weighted by atomic mass is 16.5. The van der Waals surface area contributed by atoms with Crippen LogP contribution in [0.15, 0.2) is 72.3 Å². The maximum Gasteiger partial charge on any atom is 0.404 e. The van der Waals surface area contributed by atoms with E-state index < -0.39 is 6.09 Å². The Balaban J connectivity index is 1.54. The summed E-state index contributed by atoms with van der Waals surface area (Å²) >= 11 is 0. The molecule has 0 bridgehead atoms. The Morgan fingerprint density at radius 1 is 1.03 bits per heavy atom. The highest BCUT2D eigenvalue weighted by Crippen LogP contribution is 2.30. The van der Waals surface area contributed by atoms with Gasteiger partial charge in [-0.15, -0.1) is 0 Å². The van der Waals surface area contributed by atoms with Gasteiger partial charge in [0.25, 0.3) is 0 Å². The third-order valence-corrected chi connectivity index (χ3v) is 6.42. The van der Waals surface area contributed by atoms with Gasteiger partial charge < -0.3 is 15.2 Å². The van der Waals surface area contributed by atoms with Crippen LogP contribution in [-0.4, -0.2) is 25.4 Å². The number of carbonyl (C=O) groups excluding carboxylic acids is 1. The highest BCUT2D eigenvalue weighted by molar-refractivity contribution is 5.64. The number of amides is 1. The van der Waals surface area contributed by atoms with Crippen molar-refractivity contribution in [2.24, 2.45) is 17.6 Å². The van der Waals surface area contributed by atoms with Gasteiger partial charge in [0.15, 0.2) is 0 Å². The molecule has 3 unspecified atom stereocenters. The number of rotatable bonds is 12. The zero-order valence-electron chi connectivity index (χ0n) is 19.2. The zero-order chi connectivity index (χ0) is 22.6. The minimum atomic E-state index is -0.727. The van der Waals surface area contributed by atoms with E-state index >= 15 is 0 Å². The Hall–Kier alpha value is -2.59. The van der Waals surface area contributed by atoms with E-state index in [0.717, 1.165) is 25.7 Å². The molecular formula is C28H37NO3. The first-order valence-corrected chi connectivity index (χ1v) is 11.9. The third-order valence-electron chi connectivity index (χ3n) is 6.42. The van der Waals surface area contributed by atoms with Gasteiger partial charge in [0.05, 0.1) is 19.3 Å². The fourth-order valence-electron chi connectivity index (χ4n) is 4.58. The molecule has 2 N–H and O–H groups in total. The number of ether oxygens (including phenoxy) is 2. The normalized spacial score (nSPS) is 17.9. The summed E-state index contributed by atoms with van der Waals surface area (Å²) in [6, 6.07) is 21.2. The van der Waals surface area contributed by atoms with E-state index in [4.69, 9.17) is 15.2 Å². The number of hydrogen-bond acceptors (Lipinski definition) is 3. The van der Waals surface area contributed by atoms with Gasteiger partial charge in [-0.25, -0.2) is 4.79 Å². The SMILES string of the molecule is CC(COC(N)=O)C(CCc1ccccc1)OCCC1=CCCCC1Cc1ccccc1. The topological polar surface area (TPSA) is 61.5 Å². The first kappa shape index (κ1) is 24.1. The molecule has 3 rings (SSSR count). The smallest absolute Gasteiger partial charge is 0.404 e. The molecule has 0 fully saturated rings. The maximum atomic E-state index is 11.1. The van der Waals surface area contributed by atoms with Gasteiger partial charge in [0.1, 0.15) is 0 Å². The van der Waals surface area contributed by atoms with Crippen LogP contribution in [0, 0.1) is 11.8 Å². The number of carbonyl (C=O) groups is 1. The molecule has 0 spiro atoms. The molecule has 172 valence electrons. The quantitative estimate of drug-likeness (QED) is 0.410. The monoisotopic (exact) mass is 435 g/mol. The predicted molar refractivity (Wildman–Crippen MR) is 129 cm³/mol. The minimum Gasteiger partial charge on any atom is -0.449 e. The fraction of sp³-hybridized carbons (Fsp3) is 0.464. The number of benzene rings is 2. The van der Waals surface area contributed by atoms with E-state index in [9.17, 15) is 4.79 Å². The standard InChI is InChI=1S/C28H37NO3/c1-22(21-32-28(29)30)27(17-16-23-10-4-2-5-11-23)31-19-18-25-14-8-9-15-26(25)20-24-12-6-3-7-13-24/h2-7,10-14,22,26-27H,8-9,15-21H2,1H3,(H2,29,30). The van der Waals surface area contributed by atoms with Gasteiger partial charge in [-0.2, -0.15) is 0 Å². The fourth-order valence-corrected chi connectivity index (χ4v) is 4.58. The highest BCUT2D eigenvalue weighted by Gasteiger charge is 2.22. The van der Waals surface area contributed by atoms with Crippen molar-refractivity contribution >= 4 is 6.09 Å². The summed E-state index contributed by atoms with van der Waals surface area (Å²) in [6.07, 6.45) is 9.30. The first-order valence-electron chi connectivity index (χ1n) is 11.9. The van der Waals surface area contributed by atoms with Crippen molar-refractivity contribution in [1.82, 2.24) is 0 Å². The summed E-state index contributed by atoms with van der Waals surface area (Å²) < 4.78 is 11.5. The summed E-state index contributed by atoms with van der Waals surface area (Å²) in [4.78, 5) is 11.1. The van der Waals surface area contributed by atoms with Crippen LogP contribution in [0.25, 0.3) is 0 Å². The Labute approximate surface area is 192 Å². The molecule has 4 heteroatoms. The number of nitrogens with two attached hydrogens (primary N) is 1. The van der Waals surface area contributed by atoms with Crippen molar-refractivity contribution in [2.45, 2.75) is 58.0 Å². The van der Waals surface area contributed by atoms with Crippen LogP contribution in [-0.2, 0) is 22.3 Å². The Bertz CT molecular complexity index is 834. The van der Waals surface area contributed by atoms with E-state index in [0.29, 0.717) is 12.5 Å². The van der Waals surface area contributed by atoms with Gasteiger partial charge in [-0.1, -0.05) is 79.2 Å². The molecule has 3 atom stereocenters. The maximum absolute atomic E-state index is 11.1. The molecular weight excluding hydrogens is 398 g/mol. The summed E-state index contributed by atoms with van der Waals surface area (Å²) in [5.41, 5.74) is 9.40. The van der Waals surface area contributed by atoms with Crippen molar-refractivity contribution in [3.05, 3.63) is 83.4 Å². The lowest BCUT2D eigenvalue weighted by Crippen LogP contribution is -2.29. The average molecular weight is 436 g/mol. The molecule has 4 nitrogen and oxygen atoms in total. The second kappa shape index (κ2) is 13.1. The minimum absolute atomic E-state index is 0.0197. The molecule has 0 aromatic heterocycles. The molecule has 0 aliphatic heterocycles. The van der Waals surface area contributed by atoms with E-state index in [2.05, 4.69) is 67.6 Å². The van der Waals surface area contributed by atoms with E-state index in [1.54, 1.807) is 0 Å². The molecule has 1 aliphatic carbocycles. The third kappa shape index (κ3) is 8.16. The zero-order valence-corrected chi connectivity index (χ0v) is 19.2. The second-order valence-electron chi connectivity index (χ2n) is 8.89. The van der Waals surface area contributed by atoms with Crippen molar-refractivity contribution in [3.63, 3.8) is 0 Å². The van der Waals surface area contributed by atoms with Crippen LogP contribution in [0.1, 0.15) is 50.2 Å². The largest absolute Gasteiger partial charge is 0.449 e. The number of hydrogen-bond donors (Lipinski definition) is 1. The molecule has 0 saturated carbocycles.